The van der Waals surface area contributed by atoms with Gasteiger partial charge in [0.05, 0.1) is 0 Å². The predicted octanol–water partition coefficient (Wildman–Crippen LogP) is 7.91. The Morgan fingerprint density at radius 3 is 0.778 bits per heavy atom. The molecule has 0 spiro atoms. The second kappa shape index (κ2) is 19.4. The van der Waals surface area contributed by atoms with Crippen LogP contribution in [0.4, 0.5) is 0 Å². The molecule has 0 unspecified atom stereocenters. The molecule has 6 rings (SSSR count). The molecule has 0 aliphatic rings. The van der Waals surface area contributed by atoms with Crippen molar-refractivity contribution < 1.29 is 51.2 Å². The topological polar surface area (TPSA) is 23.8 Å². The molecule has 0 amide bonds. The van der Waals surface area contributed by atoms with Crippen LogP contribution >= 0.6 is 0 Å². The minimum Gasteiger partial charge on any atom is -0.214 e. The van der Waals surface area contributed by atoms with E-state index in [1.165, 1.54) is 0 Å². The van der Waals surface area contributed by atoms with Gasteiger partial charge in [0.15, 0.2) is 0 Å². The van der Waals surface area contributed by atoms with E-state index in [1.807, 2.05) is 164 Å². The van der Waals surface area contributed by atoms with Gasteiger partial charge in [-0.3, -0.25) is 0 Å². The Bertz CT molecular complexity index is 988. The predicted molar refractivity (Wildman–Crippen MR) is 138 cm³/mol. The van der Waals surface area contributed by atoms with Crippen molar-refractivity contribution in [3.05, 3.63) is 180 Å². The van der Waals surface area contributed by atoms with E-state index >= 15 is 0 Å². The molecule has 0 N–H and O–H groups in total. The van der Waals surface area contributed by atoms with E-state index in [0.717, 1.165) is 16.7 Å². The van der Waals surface area contributed by atoms with Crippen LogP contribution in [0.15, 0.2) is 164 Å². The third kappa shape index (κ3) is 9.66. The fraction of sp³-hybridized carbons (Fsp3) is 0.0312. The zero-order valence-electron chi connectivity index (χ0n) is 19.6. The van der Waals surface area contributed by atoms with Crippen molar-refractivity contribution in [2.75, 3.05) is 0 Å². The van der Waals surface area contributed by atoms with Crippen molar-refractivity contribution in [2.24, 2.45) is 0 Å². The molecule has 1 nitrogen and oxygen atoms in total. The molecule has 0 heterocycles. The quantitative estimate of drug-likeness (QED) is 0.151. The van der Waals surface area contributed by atoms with E-state index in [9.17, 15) is 5.26 Å². The van der Waals surface area contributed by atoms with Crippen molar-refractivity contribution in [2.45, 2.75) is 5.41 Å². The molecule has 0 saturated heterocycles. The minimum atomic E-state index is -0.684. The van der Waals surface area contributed by atoms with Crippen LogP contribution in [-0.2, 0) is 56.6 Å². The van der Waals surface area contributed by atoms with Crippen LogP contribution in [0.25, 0.3) is 0 Å². The largest absolute Gasteiger partial charge is 2.00 e. The SMILES string of the molecule is N#CC([c-]1cccc1)([c-]1cccc1)[c-]1cccc1.[Fe+2].[Fe+2].[Fe+2].c1cc[cH-]c1.c1cc[cH-]c1.c1cc[cH-]c1. The first-order chi connectivity index (χ1) is 16.4. The van der Waals surface area contributed by atoms with Crippen LogP contribution in [0.1, 0.15) is 16.7 Å². The van der Waals surface area contributed by atoms with Crippen molar-refractivity contribution in [3.8, 4) is 6.07 Å². The summed E-state index contributed by atoms with van der Waals surface area (Å²) >= 11 is 0. The molecule has 6 aromatic carbocycles. The van der Waals surface area contributed by atoms with Crippen LogP contribution in [0, 0.1) is 11.3 Å². The van der Waals surface area contributed by atoms with Gasteiger partial charge in [-0.15, -0.1) is 0 Å². The summed E-state index contributed by atoms with van der Waals surface area (Å²) in [6.07, 6.45) is 0. The fourth-order valence-electron chi connectivity index (χ4n) is 3.53. The molecular formula is C32H27Fe3N. The molecule has 184 valence electrons. The van der Waals surface area contributed by atoms with E-state index in [4.69, 9.17) is 0 Å². The van der Waals surface area contributed by atoms with Crippen molar-refractivity contribution in [1.29, 1.82) is 5.26 Å². The number of rotatable bonds is 3. The molecule has 6 aromatic rings. The third-order valence-corrected chi connectivity index (χ3v) is 5.12. The van der Waals surface area contributed by atoms with Gasteiger partial charge in [0, 0.05) is 6.07 Å². The first kappa shape index (κ1) is 33.1. The second-order valence-electron chi connectivity index (χ2n) is 7.27. The van der Waals surface area contributed by atoms with Crippen LogP contribution in [0.5, 0.6) is 0 Å². The maximum absolute atomic E-state index is 9.84. The smallest absolute Gasteiger partial charge is 0.214 e. The van der Waals surface area contributed by atoms with Crippen LogP contribution in [0.3, 0.4) is 0 Å². The molecule has 0 atom stereocenters. The molecule has 4 heteroatoms. The second-order valence-corrected chi connectivity index (χ2v) is 7.27. The zero-order chi connectivity index (χ0) is 23.0. The van der Waals surface area contributed by atoms with Gasteiger partial charge in [0.2, 0.25) is 0 Å². The number of hydrogen-bond acceptors (Lipinski definition) is 1. The zero-order valence-corrected chi connectivity index (χ0v) is 22.9. The minimum absolute atomic E-state index is 0. The normalized spacial score (nSPS) is 8.97. The summed E-state index contributed by atoms with van der Waals surface area (Å²) in [7, 11) is 0. The first-order valence-electron chi connectivity index (χ1n) is 11.0. The molecule has 0 aliphatic heterocycles. The number of hydrogen-bond donors (Lipinski definition) is 0. The van der Waals surface area contributed by atoms with E-state index in [1.54, 1.807) is 0 Å². The molecular weight excluding hydrogens is 566 g/mol. The van der Waals surface area contributed by atoms with Gasteiger partial charge in [-0.05, 0) is 5.41 Å². The Balaban J connectivity index is 0.000000558. The monoisotopic (exact) mass is 593 g/mol. The summed E-state index contributed by atoms with van der Waals surface area (Å²) in [5.74, 6) is 0. The van der Waals surface area contributed by atoms with Crippen molar-refractivity contribution in [1.82, 2.24) is 0 Å². The molecule has 36 heavy (non-hydrogen) atoms. The van der Waals surface area contributed by atoms with Crippen LogP contribution < -0.4 is 0 Å². The Hall–Kier alpha value is -2.85. The van der Waals surface area contributed by atoms with Gasteiger partial charge in [0.1, 0.15) is 0 Å². The third-order valence-electron chi connectivity index (χ3n) is 5.12. The fourth-order valence-corrected chi connectivity index (χ4v) is 3.53. The van der Waals surface area contributed by atoms with Crippen LogP contribution in [-0.4, -0.2) is 0 Å². The molecule has 0 fully saturated rings. The average molecular weight is 593 g/mol. The average Bonchev–Trinajstić information content (AvgIpc) is 3.72. The van der Waals surface area contributed by atoms with Gasteiger partial charge >= 0.3 is 51.2 Å². The summed E-state index contributed by atoms with van der Waals surface area (Å²) in [5.41, 5.74) is 2.41. The molecule has 0 bridgehead atoms. The van der Waals surface area contributed by atoms with E-state index in [-0.39, 0.29) is 51.2 Å². The van der Waals surface area contributed by atoms with Gasteiger partial charge < -0.3 is 0 Å². The maximum Gasteiger partial charge on any atom is 2.00 e. The summed E-state index contributed by atoms with van der Waals surface area (Å²) in [6.45, 7) is 0. The molecule has 0 saturated carbocycles. The van der Waals surface area contributed by atoms with Gasteiger partial charge in [0.25, 0.3) is 0 Å². The van der Waals surface area contributed by atoms with E-state index in [2.05, 4.69) is 6.07 Å². The van der Waals surface area contributed by atoms with Crippen molar-refractivity contribution in [3.63, 3.8) is 0 Å². The maximum atomic E-state index is 9.84. The first-order valence-corrected chi connectivity index (χ1v) is 11.0. The molecule has 0 aromatic heterocycles. The summed E-state index contributed by atoms with van der Waals surface area (Å²) in [4.78, 5) is 0. The number of nitriles is 1. The Morgan fingerprint density at radius 2 is 0.639 bits per heavy atom. The molecule has 0 radical (unpaired) electrons. The van der Waals surface area contributed by atoms with Gasteiger partial charge in [-0.25, -0.2) is 78.1 Å². The summed E-state index contributed by atoms with van der Waals surface area (Å²) in [5, 5.41) is 9.84. The Morgan fingerprint density at radius 1 is 0.417 bits per heavy atom. The standard InChI is InChI=1S/C17H12N.3C5H5.3Fe/c18-13-17(14-7-1-2-8-14,15-9-3-4-10-15)16-11-5-6-12-16;3*1-2-4-5-3-1;;;/h1-12H;3*1-5H;;;/q-3;3*-1;3*+2. The Kier molecular flexibility index (Phi) is 17.8. The summed E-state index contributed by atoms with van der Waals surface area (Å²) < 4.78 is 0. The Labute approximate surface area is 247 Å². The molecule has 0 aliphatic carbocycles. The summed E-state index contributed by atoms with van der Waals surface area (Å²) in [6, 6.07) is 56.5. The van der Waals surface area contributed by atoms with E-state index < -0.39 is 5.41 Å². The van der Waals surface area contributed by atoms with Gasteiger partial charge in [-0.1, -0.05) is 0 Å². The van der Waals surface area contributed by atoms with Crippen LogP contribution in [0.2, 0.25) is 0 Å². The van der Waals surface area contributed by atoms with E-state index in [0.29, 0.717) is 0 Å². The van der Waals surface area contributed by atoms with Crippen molar-refractivity contribution >= 4 is 0 Å². The number of nitrogens with zero attached hydrogens (tertiary/aromatic N) is 1. The van der Waals surface area contributed by atoms with Gasteiger partial charge in [-0.2, -0.15) is 108 Å².